The molecule has 2 heterocycles. The molecule has 4 heteroatoms. The summed E-state index contributed by atoms with van der Waals surface area (Å²) < 4.78 is 2.09. The second kappa shape index (κ2) is 5.78. The van der Waals surface area contributed by atoms with Crippen LogP contribution in [-0.2, 0) is 6.54 Å². The van der Waals surface area contributed by atoms with Gasteiger partial charge < -0.3 is 4.57 Å². The van der Waals surface area contributed by atoms with Gasteiger partial charge in [-0.15, -0.1) is 11.3 Å². The van der Waals surface area contributed by atoms with E-state index in [0.717, 1.165) is 26.5 Å². The Hall–Kier alpha value is -2.20. The van der Waals surface area contributed by atoms with Crippen molar-refractivity contribution in [3.63, 3.8) is 0 Å². The van der Waals surface area contributed by atoms with Crippen LogP contribution in [0.25, 0.3) is 10.2 Å². The van der Waals surface area contributed by atoms with Crippen LogP contribution in [0.4, 0.5) is 0 Å². The van der Waals surface area contributed by atoms with Crippen molar-refractivity contribution >= 4 is 27.8 Å². The third-order valence-corrected chi connectivity index (χ3v) is 5.69. The second-order valence-electron chi connectivity index (χ2n) is 5.98. The van der Waals surface area contributed by atoms with Gasteiger partial charge in [0, 0.05) is 17.1 Å². The lowest BCUT2D eigenvalue weighted by Crippen LogP contribution is -2.18. The first-order valence-corrected chi connectivity index (χ1v) is 8.39. The average molecular weight is 325 g/mol. The molecule has 1 aromatic carbocycles. The highest BCUT2D eigenvalue weighted by Gasteiger charge is 2.18. The van der Waals surface area contributed by atoms with Crippen molar-refractivity contribution in [3.05, 3.63) is 67.3 Å². The van der Waals surface area contributed by atoms with Crippen LogP contribution >= 0.6 is 11.3 Å². The van der Waals surface area contributed by atoms with Crippen LogP contribution in [0, 0.1) is 27.7 Å². The smallest absolute Gasteiger partial charge is 0.201 e. The van der Waals surface area contributed by atoms with Gasteiger partial charge in [0.15, 0.2) is 6.29 Å². The molecule has 0 saturated carbocycles. The van der Waals surface area contributed by atoms with E-state index < -0.39 is 0 Å². The van der Waals surface area contributed by atoms with Crippen molar-refractivity contribution in [3.8, 4) is 0 Å². The van der Waals surface area contributed by atoms with E-state index in [1.807, 2.05) is 20.8 Å². The van der Waals surface area contributed by atoms with Gasteiger partial charge in [0.1, 0.15) is 4.83 Å². The molecule has 0 aliphatic carbocycles. The van der Waals surface area contributed by atoms with Crippen molar-refractivity contribution in [1.29, 1.82) is 0 Å². The van der Waals surface area contributed by atoms with Gasteiger partial charge in [0.25, 0.3) is 0 Å². The van der Waals surface area contributed by atoms with Crippen molar-refractivity contribution < 1.29 is 4.79 Å². The molecule has 0 saturated heterocycles. The molecule has 0 unspecified atom stereocenters. The number of fused-ring (bicyclic) bond motifs is 1. The molecule has 0 atom stereocenters. The zero-order valence-electron chi connectivity index (χ0n) is 13.8. The zero-order chi connectivity index (χ0) is 16.7. The lowest BCUT2D eigenvalue weighted by Gasteiger charge is -2.14. The minimum Gasteiger partial charge on any atom is -0.331 e. The van der Waals surface area contributed by atoms with Crippen LogP contribution in [0.1, 0.15) is 37.6 Å². The van der Waals surface area contributed by atoms with E-state index in [0.29, 0.717) is 18.2 Å². The molecular weight excluding hydrogens is 306 g/mol. The standard InChI is InChI=1S/C19H19NO2S/c1-11-5-7-15(8-6-11)9-20-13(3)16(10-21)18(22)17-12(2)14(4)23-19(17)20/h5-8,10H,9H2,1-4H3. The maximum atomic E-state index is 12.6. The lowest BCUT2D eigenvalue weighted by atomic mass is 10.1. The highest BCUT2D eigenvalue weighted by molar-refractivity contribution is 7.18. The fourth-order valence-electron chi connectivity index (χ4n) is 2.87. The molecule has 0 spiro atoms. The van der Waals surface area contributed by atoms with Crippen molar-refractivity contribution in [2.24, 2.45) is 0 Å². The molecule has 23 heavy (non-hydrogen) atoms. The number of aryl methyl sites for hydroxylation is 3. The quantitative estimate of drug-likeness (QED) is 0.678. The van der Waals surface area contributed by atoms with Crippen LogP contribution < -0.4 is 5.43 Å². The summed E-state index contributed by atoms with van der Waals surface area (Å²) in [5, 5.41) is 0.687. The normalized spacial score (nSPS) is 11.1. The summed E-state index contributed by atoms with van der Waals surface area (Å²) in [6, 6.07) is 8.34. The monoisotopic (exact) mass is 325 g/mol. The molecule has 3 nitrogen and oxygen atoms in total. The Labute approximate surface area is 139 Å². The molecule has 0 aliphatic rings. The Balaban J connectivity index is 2.30. The average Bonchev–Trinajstić information content (AvgIpc) is 2.82. The fraction of sp³-hybridized carbons (Fsp3) is 0.263. The van der Waals surface area contributed by atoms with Gasteiger partial charge in [0.05, 0.1) is 10.9 Å². The third-order valence-electron chi connectivity index (χ3n) is 4.46. The maximum Gasteiger partial charge on any atom is 0.201 e. The minimum absolute atomic E-state index is 0.144. The minimum atomic E-state index is -0.144. The van der Waals surface area contributed by atoms with E-state index >= 15 is 0 Å². The van der Waals surface area contributed by atoms with Gasteiger partial charge in [-0.2, -0.15) is 0 Å². The van der Waals surface area contributed by atoms with Crippen LogP contribution in [0.5, 0.6) is 0 Å². The van der Waals surface area contributed by atoms with Crippen LogP contribution in [0.3, 0.4) is 0 Å². The van der Waals surface area contributed by atoms with Crippen LogP contribution in [-0.4, -0.2) is 10.9 Å². The Morgan fingerprint density at radius 3 is 2.35 bits per heavy atom. The SMILES string of the molecule is Cc1ccc(Cn2c(C)c(C=O)c(=O)c3c(C)c(C)sc32)cc1. The molecule has 3 aromatic rings. The van der Waals surface area contributed by atoms with Crippen molar-refractivity contribution in [2.75, 3.05) is 0 Å². The highest BCUT2D eigenvalue weighted by Crippen LogP contribution is 2.30. The van der Waals surface area contributed by atoms with E-state index in [4.69, 9.17) is 0 Å². The third kappa shape index (κ3) is 2.53. The largest absolute Gasteiger partial charge is 0.331 e. The summed E-state index contributed by atoms with van der Waals surface area (Å²) in [7, 11) is 0. The van der Waals surface area contributed by atoms with E-state index in [2.05, 4.69) is 35.8 Å². The number of hydrogen-bond donors (Lipinski definition) is 0. The zero-order valence-corrected chi connectivity index (χ0v) is 14.6. The van der Waals surface area contributed by atoms with Gasteiger partial charge >= 0.3 is 0 Å². The maximum absolute atomic E-state index is 12.6. The van der Waals surface area contributed by atoms with Gasteiger partial charge in [-0.1, -0.05) is 29.8 Å². The molecule has 0 aliphatic heterocycles. The number of hydrogen-bond acceptors (Lipinski definition) is 3. The second-order valence-corrected chi connectivity index (χ2v) is 7.18. The summed E-state index contributed by atoms with van der Waals surface area (Å²) in [4.78, 5) is 26.2. The van der Waals surface area contributed by atoms with Gasteiger partial charge in [0.2, 0.25) is 5.43 Å². The lowest BCUT2D eigenvalue weighted by molar-refractivity contribution is 0.112. The molecule has 3 rings (SSSR count). The van der Waals surface area contributed by atoms with E-state index in [-0.39, 0.29) is 11.0 Å². The molecule has 0 fully saturated rings. The Bertz CT molecular complexity index is 962. The van der Waals surface area contributed by atoms with E-state index in [9.17, 15) is 9.59 Å². The molecule has 0 radical (unpaired) electrons. The predicted octanol–water partition coefficient (Wildman–Crippen LogP) is 4.16. The van der Waals surface area contributed by atoms with Gasteiger partial charge in [-0.25, -0.2) is 0 Å². The summed E-state index contributed by atoms with van der Waals surface area (Å²) >= 11 is 1.62. The predicted molar refractivity (Wildman–Crippen MR) is 96.0 cm³/mol. The number of aromatic nitrogens is 1. The number of thiophene rings is 1. The fourth-order valence-corrected chi connectivity index (χ4v) is 4.07. The number of aldehydes is 1. The van der Waals surface area contributed by atoms with E-state index in [1.165, 1.54) is 5.56 Å². The number of carbonyl (C=O) groups excluding carboxylic acids is 1. The van der Waals surface area contributed by atoms with Crippen LogP contribution in [0.2, 0.25) is 0 Å². The first-order valence-electron chi connectivity index (χ1n) is 7.58. The van der Waals surface area contributed by atoms with Crippen molar-refractivity contribution in [2.45, 2.75) is 34.2 Å². The first-order chi connectivity index (χ1) is 10.9. The summed E-state index contributed by atoms with van der Waals surface area (Å²) in [6.45, 7) is 8.54. The van der Waals surface area contributed by atoms with Crippen molar-refractivity contribution in [1.82, 2.24) is 4.57 Å². The van der Waals surface area contributed by atoms with Gasteiger partial charge in [-0.05, 0) is 38.8 Å². The molecular formula is C19H19NO2S. The van der Waals surface area contributed by atoms with Crippen LogP contribution in [0.15, 0.2) is 29.1 Å². The number of pyridine rings is 1. The first kappa shape index (κ1) is 15.7. The number of benzene rings is 1. The Kier molecular flexibility index (Phi) is 3.94. The molecule has 0 amide bonds. The van der Waals surface area contributed by atoms with Gasteiger partial charge in [-0.3, -0.25) is 9.59 Å². The molecule has 2 aromatic heterocycles. The molecule has 118 valence electrons. The Morgan fingerprint density at radius 2 is 1.74 bits per heavy atom. The number of carbonyl (C=O) groups is 1. The summed E-state index contributed by atoms with van der Waals surface area (Å²) in [6.07, 6.45) is 0.690. The number of rotatable bonds is 3. The Morgan fingerprint density at radius 1 is 1.09 bits per heavy atom. The molecule has 0 N–H and O–H groups in total. The molecule has 0 bridgehead atoms. The summed E-state index contributed by atoms with van der Waals surface area (Å²) in [5.41, 5.74) is 4.21. The van der Waals surface area contributed by atoms with E-state index in [1.54, 1.807) is 11.3 Å². The summed E-state index contributed by atoms with van der Waals surface area (Å²) in [5.74, 6) is 0. The highest BCUT2D eigenvalue weighted by atomic mass is 32.1. The number of nitrogens with zero attached hydrogens (tertiary/aromatic N) is 1. The topological polar surface area (TPSA) is 39.1 Å².